The molecule has 0 radical (unpaired) electrons. The van der Waals surface area contributed by atoms with Crippen LogP contribution in [0.15, 0.2) is 18.2 Å². The molecule has 0 aliphatic carbocycles. The van der Waals surface area contributed by atoms with Gasteiger partial charge in [-0.15, -0.1) is 0 Å². The van der Waals surface area contributed by atoms with E-state index in [1.807, 2.05) is 0 Å². The zero-order chi connectivity index (χ0) is 15.6. The summed E-state index contributed by atoms with van der Waals surface area (Å²) in [7, 11) is -0.624. The second kappa shape index (κ2) is 5.90. The van der Waals surface area contributed by atoms with Gasteiger partial charge in [0.1, 0.15) is 5.25 Å². The van der Waals surface area contributed by atoms with Gasteiger partial charge in [0.15, 0.2) is 11.5 Å². The molecule has 1 aliphatic heterocycles. The van der Waals surface area contributed by atoms with Gasteiger partial charge < -0.3 is 14.4 Å². The maximum atomic E-state index is 11.9. The number of amides is 1. The maximum absolute atomic E-state index is 11.9. The zero-order valence-corrected chi connectivity index (χ0v) is 12.7. The monoisotopic (exact) mass is 314 g/mol. The van der Waals surface area contributed by atoms with Crippen molar-refractivity contribution in [1.29, 1.82) is 0 Å². The van der Waals surface area contributed by atoms with Gasteiger partial charge in [-0.2, -0.15) is 0 Å². The molecule has 0 aromatic heterocycles. The van der Waals surface area contributed by atoms with Crippen molar-refractivity contribution in [2.24, 2.45) is 5.14 Å². The molecule has 1 atom stereocenters. The first-order chi connectivity index (χ1) is 9.85. The summed E-state index contributed by atoms with van der Waals surface area (Å²) in [5.41, 5.74) is 0.830. The van der Waals surface area contributed by atoms with Gasteiger partial charge in [0, 0.05) is 19.5 Å². The van der Waals surface area contributed by atoms with Crippen molar-refractivity contribution in [3.63, 3.8) is 0 Å². The Morgan fingerprint density at radius 1 is 1.29 bits per heavy atom. The van der Waals surface area contributed by atoms with E-state index in [2.05, 4.69) is 0 Å². The minimum atomic E-state index is -3.69. The fourth-order valence-electron chi connectivity index (χ4n) is 2.31. The zero-order valence-electron chi connectivity index (χ0n) is 11.9. The normalized spacial score (nSPS) is 18.9. The summed E-state index contributed by atoms with van der Waals surface area (Å²) < 4.78 is 33.0. The predicted octanol–water partition coefficient (Wildman–Crippen LogP) is 0.0932. The molecule has 116 valence electrons. The lowest BCUT2D eigenvalue weighted by atomic mass is 10.2. The molecule has 1 fully saturated rings. The second-order valence-electron chi connectivity index (χ2n) is 4.88. The summed E-state index contributed by atoms with van der Waals surface area (Å²) in [6.07, 6.45) is -0.0634. The smallest absolute Gasteiger partial charge is 0.224 e. The number of nitrogens with two attached hydrogens (primary N) is 1. The predicted molar refractivity (Wildman–Crippen MR) is 76.5 cm³/mol. The number of benzene rings is 1. The van der Waals surface area contributed by atoms with Gasteiger partial charge in [-0.05, 0) is 17.7 Å². The first-order valence-electron chi connectivity index (χ1n) is 6.35. The van der Waals surface area contributed by atoms with Gasteiger partial charge in [-0.25, -0.2) is 13.6 Å². The standard InChI is InChI=1S/C13H18N2O5S/c1-19-11-4-3-9(5-12(11)20-2)7-15-8-10(6-13(15)16)21(14,17)18/h3-5,10H,6-8H2,1-2H3,(H2,14,17,18). The van der Waals surface area contributed by atoms with Crippen LogP contribution in [-0.2, 0) is 21.4 Å². The van der Waals surface area contributed by atoms with E-state index < -0.39 is 15.3 Å². The quantitative estimate of drug-likeness (QED) is 0.830. The van der Waals surface area contributed by atoms with Gasteiger partial charge in [-0.3, -0.25) is 4.79 Å². The van der Waals surface area contributed by atoms with Crippen molar-refractivity contribution in [2.75, 3.05) is 20.8 Å². The lowest BCUT2D eigenvalue weighted by Gasteiger charge is -2.17. The van der Waals surface area contributed by atoms with Gasteiger partial charge in [-0.1, -0.05) is 6.07 Å². The van der Waals surface area contributed by atoms with Crippen LogP contribution in [0.4, 0.5) is 0 Å². The number of sulfonamides is 1. The fraction of sp³-hybridized carbons (Fsp3) is 0.462. The molecule has 1 unspecified atom stereocenters. The molecule has 7 nitrogen and oxygen atoms in total. The van der Waals surface area contributed by atoms with Crippen LogP contribution in [0.25, 0.3) is 0 Å². The van der Waals surface area contributed by atoms with Crippen molar-refractivity contribution in [3.8, 4) is 11.5 Å². The lowest BCUT2D eigenvalue weighted by Crippen LogP contribution is -2.31. The van der Waals surface area contributed by atoms with Gasteiger partial charge in [0.2, 0.25) is 15.9 Å². The highest BCUT2D eigenvalue weighted by Crippen LogP contribution is 2.29. The van der Waals surface area contributed by atoms with E-state index in [-0.39, 0.29) is 18.9 Å². The largest absolute Gasteiger partial charge is 0.493 e. The minimum absolute atomic E-state index is 0.0634. The molecule has 1 aromatic rings. The number of hydrogen-bond acceptors (Lipinski definition) is 5. The first kappa shape index (κ1) is 15.6. The molecule has 1 heterocycles. The van der Waals surface area contributed by atoms with Crippen molar-refractivity contribution in [1.82, 2.24) is 4.90 Å². The third-order valence-electron chi connectivity index (χ3n) is 3.47. The molecule has 0 saturated carbocycles. The molecule has 2 N–H and O–H groups in total. The number of hydrogen-bond donors (Lipinski definition) is 1. The fourth-order valence-corrected chi connectivity index (χ4v) is 3.07. The Morgan fingerprint density at radius 2 is 1.95 bits per heavy atom. The molecule has 21 heavy (non-hydrogen) atoms. The summed E-state index contributed by atoms with van der Waals surface area (Å²) in [5, 5.41) is 4.27. The lowest BCUT2D eigenvalue weighted by molar-refractivity contribution is -0.128. The van der Waals surface area contributed by atoms with E-state index in [9.17, 15) is 13.2 Å². The number of methoxy groups -OCH3 is 2. The van der Waals surface area contributed by atoms with Crippen molar-refractivity contribution < 1.29 is 22.7 Å². The van der Waals surface area contributed by atoms with Crippen molar-refractivity contribution in [2.45, 2.75) is 18.2 Å². The van der Waals surface area contributed by atoms with Crippen LogP contribution >= 0.6 is 0 Å². The third kappa shape index (κ3) is 3.45. The topological polar surface area (TPSA) is 98.9 Å². The Bertz CT molecular complexity index is 644. The molecule has 1 aliphatic rings. The summed E-state index contributed by atoms with van der Waals surface area (Å²) in [5.74, 6) is 0.935. The number of likely N-dealkylation sites (tertiary alicyclic amines) is 1. The second-order valence-corrected chi connectivity index (χ2v) is 6.72. The highest BCUT2D eigenvalue weighted by molar-refractivity contribution is 7.89. The highest BCUT2D eigenvalue weighted by atomic mass is 32.2. The van der Waals surface area contributed by atoms with E-state index in [0.29, 0.717) is 18.0 Å². The average molecular weight is 314 g/mol. The Hall–Kier alpha value is -1.80. The first-order valence-corrected chi connectivity index (χ1v) is 7.96. The number of carbonyl (C=O) groups is 1. The summed E-state index contributed by atoms with van der Waals surface area (Å²) in [6.45, 7) is 0.428. The van der Waals surface area contributed by atoms with E-state index >= 15 is 0 Å². The molecule has 1 amide bonds. The van der Waals surface area contributed by atoms with Crippen molar-refractivity contribution >= 4 is 15.9 Å². The summed E-state index contributed by atoms with van der Waals surface area (Å²) in [6, 6.07) is 5.31. The van der Waals surface area contributed by atoms with Crippen LogP contribution < -0.4 is 14.6 Å². The van der Waals surface area contributed by atoms with Crippen LogP contribution in [0.5, 0.6) is 11.5 Å². The average Bonchev–Trinajstić information content (AvgIpc) is 2.80. The summed E-state index contributed by atoms with van der Waals surface area (Å²) in [4.78, 5) is 13.3. The van der Waals surface area contributed by atoms with Crippen LogP contribution in [0.3, 0.4) is 0 Å². The molecule has 0 spiro atoms. The number of rotatable bonds is 5. The Morgan fingerprint density at radius 3 is 2.48 bits per heavy atom. The van der Waals surface area contributed by atoms with Crippen LogP contribution in [-0.4, -0.2) is 45.2 Å². The van der Waals surface area contributed by atoms with Crippen LogP contribution in [0.1, 0.15) is 12.0 Å². The Kier molecular flexibility index (Phi) is 4.38. The van der Waals surface area contributed by atoms with E-state index in [1.54, 1.807) is 18.2 Å². The maximum Gasteiger partial charge on any atom is 0.224 e. The molecule has 1 aromatic carbocycles. The number of carbonyl (C=O) groups excluding carboxylic acids is 1. The SMILES string of the molecule is COc1ccc(CN2CC(S(N)(=O)=O)CC2=O)cc1OC. The number of primary sulfonamides is 1. The Labute approximate surface area is 123 Å². The summed E-state index contributed by atoms with van der Waals surface area (Å²) >= 11 is 0. The van der Waals surface area contributed by atoms with E-state index in [1.165, 1.54) is 19.1 Å². The minimum Gasteiger partial charge on any atom is -0.493 e. The molecular weight excluding hydrogens is 296 g/mol. The highest BCUT2D eigenvalue weighted by Gasteiger charge is 2.36. The molecule has 8 heteroatoms. The third-order valence-corrected chi connectivity index (χ3v) is 4.71. The number of ether oxygens (including phenoxy) is 2. The van der Waals surface area contributed by atoms with Crippen LogP contribution in [0, 0.1) is 0 Å². The molecular formula is C13H18N2O5S. The van der Waals surface area contributed by atoms with Crippen LogP contribution in [0.2, 0.25) is 0 Å². The van der Waals surface area contributed by atoms with Crippen molar-refractivity contribution in [3.05, 3.63) is 23.8 Å². The number of nitrogens with zero attached hydrogens (tertiary/aromatic N) is 1. The Balaban J connectivity index is 2.14. The molecule has 0 bridgehead atoms. The molecule has 2 rings (SSSR count). The van der Waals surface area contributed by atoms with Gasteiger partial charge in [0.25, 0.3) is 0 Å². The van der Waals surface area contributed by atoms with Gasteiger partial charge in [0.05, 0.1) is 14.2 Å². The van der Waals surface area contributed by atoms with E-state index in [0.717, 1.165) is 5.56 Å². The van der Waals surface area contributed by atoms with E-state index in [4.69, 9.17) is 14.6 Å². The van der Waals surface area contributed by atoms with Gasteiger partial charge >= 0.3 is 0 Å². The molecule has 1 saturated heterocycles.